The number of carbonyl (C=O) groups is 2. The maximum Gasteiger partial charge on any atom is 0.330 e. The zero-order valence-corrected chi connectivity index (χ0v) is 21.8. The number of ether oxygens (including phenoxy) is 2. The highest BCUT2D eigenvalue weighted by Crippen LogP contribution is 2.47. The van der Waals surface area contributed by atoms with Crippen LogP contribution in [0.5, 0.6) is 11.5 Å². The van der Waals surface area contributed by atoms with Gasteiger partial charge in [-0.3, -0.25) is 14.6 Å². The summed E-state index contributed by atoms with van der Waals surface area (Å²) in [5, 5.41) is 6.70. The molecule has 0 unspecified atom stereocenters. The van der Waals surface area contributed by atoms with Crippen molar-refractivity contribution < 1.29 is 19.1 Å². The maximum absolute atomic E-state index is 13.4. The maximum atomic E-state index is 13.4. The third-order valence-electron chi connectivity index (χ3n) is 6.42. The second-order valence-corrected chi connectivity index (χ2v) is 9.34. The fraction of sp³-hybridized carbons (Fsp3) is 0.417. The molecule has 2 atom stereocenters. The minimum absolute atomic E-state index is 0.0383. The van der Waals surface area contributed by atoms with Gasteiger partial charge in [0, 0.05) is 37.0 Å². The van der Waals surface area contributed by atoms with Crippen LogP contribution in [0.3, 0.4) is 0 Å². The number of amides is 3. The van der Waals surface area contributed by atoms with Gasteiger partial charge in [-0.15, -0.1) is 0 Å². The number of aromatic nitrogens is 2. The Labute approximate surface area is 219 Å². The van der Waals surface area contributed by atoms with Crippen molar-refractivity contribution in [3.8, 4) is 11.5 Å². The molecule has 0 saturated heterocycles. The summed E-state index contributed by atoms with van der Waals surface area (Å²) < 4.78 is 10.7. The number of halogens is 2. The van der Waals surface area contributed by atoms with E-state index in [-0.39, 0.29) is 46.3 Å². The molecular weight excluding hydrogens is 507 g/mol. The number of nitrogens with zero attached hydrogens (tertiary/aromatic N) is 4. The number of rotatable bonds is 7. The second kappa shape index (κ2) is 10.8. The average Bonchev–Trinajstić information content (AvgIpc) is 2.88. The van der Waals surface area contributed by atoms with Gasteiger partial charge in [0.15, 0.2) is 0 Å². The zero-order valence-electron chi connectivity index (χ0n) is 20.3. The lowest BCUT2D eigenvalue weighted by Gasteiger charge is -2.36. The van der Waals surface area contributed by atoms with E-state index in [0.717, 1.165) is 25.7 Å². The predicted octanol–water partition coefficient (Wildman–Crippen LogP) is 4.40. The highest BCUT2D eigenvalue weighted by atomic mass is 35.5. The molecule has 1 fully saturated rings. The Balaban J connectivity index is 1.62. The van der Waals surface area contributed by atoms with Gasteiger partial charge in [0.1, 0.15) is 27.4 Å². The Hall–Kier alpha value is -3.24. The third kappa shape index (κ3) is 4.87. The Morgan fingerprint density at radius 2 is 1.81 bits per heavy atom. The average molecular weight is 535 g/mol. The van der Waals surface area contributed by atoms with Crippen molar-refractivity contribution in [2.75, 3.05) is 36.4 Å². The van der Waals surface area contributed by atoms with Crippen LogP contribution in [-0.2, 0) is 11.3 Å². The molecule has 1 saturated carbocycles. The minimum atomic E-state index is -0.375. The van der Waals surface area contributed by atoms with E-state index < -0.39 is 0 Å². The number of nitrogens with one attached hydrogen (secondary N) is 2. The van der Waals surface area contributed by atoms with Crippen molar-refractivity contribution in [3.63, 3.8) is 0 Å². The Bertz CT molecular complexity index is 1170. The topological polar surface area (TPSA) is 109 Å². The van der Waals surface area contributed by atoms with Crippen LogP contribution in [0.25, 0.3) is 0 Å². The van der Waals surface area contributed by atoms with Crippen LogP contribution >= 0.6 is 23.2 Å². The van der Waals surface area contributed by atoms with Crippen LogP contribution in [0.4, 0.5) is 22.2 Å². The first-order chi connectivity index (χ1) is 17.3. The summed E-state index contributed by atoms with van der Waals surface area (Å²) in [6, 6.07) is 1.09. The zero-order chi connectivity index (χ0) is 26.0. The summed E-state index contributed by atoms with van der Waals surface area (Å²) in [5.74, 6) is 1.30. The fourth-order valence-electron chi connectivity index (χ4n) is 4.55. The monoisotopic (exact) mass is 534 g/mol. The third-order valence-corrected chi connectivity index (χ3v) is 7.15. The molecule has 1 aromatic heterocycles. The van der Waals surface area contributed by atoms with Crippen LogP contribution in [0, 0.1) is 0 Å². The van der Waals surface area contributed by atoms with Crippen molar-refractivity contribution >= 4 is 52.6 Å². The van der Waals surface area contributed by atoms with Crippen molar-refractivity contribution in [1.29, 1.82) is 0 Å². The van der Waals surface area contributed by atoms with Gasteiger partial charge in [-0.25, -0.2) is 9.78 Å². The van der Waals surface area contributed by atoms with E-state index in [2.05, 4.69) is 27.2 Å². The molecule has 0 spiro atoms. The molecule has 0 bridgehead atoms. The highest BCUT2D eigenvalue weighted by Gasteiger charge is 2.35. The first-order valence-electron chi connectivity index (χ1n) is 11.5. The van der Waals surface area contributed by atoms with E-state index in [0.29, 0.717) is 28.8 Å². The van der Waals surface area contributed by atoms with Gasteiger partial charge >= 0.3 is 6.03 Å². The summed E-state index contributed by atoms with van der Waals surface area (Å²) in [4.78, 5) is 37.2. The lowest BCUT2D eigenvalue weighted by molar-refractivity contribution is -0.117. The molecular formula is C24H28Cl2N6O4. The Kier molecular flexibility index (Phi) is 7.75. The molecule has 1 aliphatic carbocycles. The van der Waals surface area contributed by atoms with Crippen LogP contribution in [-0.4, -0.2) is 55.3 Å². The van der Waals surface area contributed by atoms with Gasteiger partial charge in [-0.05, 0) is 18.9 Å². The SMILES string of the molecule is C=CC(=O)N[C@H]1CCCC[C@H]1Nc1ncc2c(n1)N(C)C(=O)N(c1c(Cl)c(OC)cc(OC)c1Cl)C2. The van der Waals surface area contributed by atoms with Crippen LogP contribution in [0.2, 0.25) is 10.0 Å². The molecule has 3 amide bonds. The quantitative estimate of drug-likeness (QED) is 0.506. The van der Waals surface area contributed by atoms with E-state index in [1.54, 1.807) is 19.3 Å². The van der Waals surface area contributed by atoms with E-state index in [1.165, 1.54) is 30.1 Å². The van der Waals surface area contributed by atoms with Gasteiger partial charge in [0.05, 0.1) is 26.5 Å². The van der Waals surface area contributed by atoms with Crippen molar-refractivity contribution in [2.24, 2.45) is 0 Å². The van der Waals surface area contributed by atoms with Gasteiger partial charge in [-0.1, -0.05) is 42.6 Å². The predicted molar refractivity (Wildman–Crippen MR) is 140 cm³/mol. The van der Waals surface area contributed by atoms with Gasteiger partial charge in [0.25, 0.3) is 0 Å². The highest BCUT2D eigenvalue weighted by molar-refractivity contribution is 6.42. The first-order valence-corrected chi connectivity index (χ1v) is 12.2. The van der Waals surface area contributed by atoms with Crippen LogP contribution in [0.1, 0.15) is 31.2 Å². The molecule has 10 nitrogen and oxygen atoms in total. The molecule has 36 heavy (non-hydrogen) atoms. The fourth-order valence-corrected chi connectivity index (χ4v) is 5.25. The number of hydrogen-bond acceptors (Lipinski definition) is 7. The summed E-state index contributed by atoms with van der Waals surface area (Å²) in [6.07, 6.45) is 6.70. The molecule has 1 aliphatic heterocycles. The lowest BCUT2D eigenvalue weighted by atomic mass is 9.90. The Morgan fingerprint density at radius 3 is 2.42 bits per heavy atom. The van der Waals surface area contributed by atoms with Gasteiger partial charge in [0.2, 0.25) is 11.9 Å². The number of anilines is 3. The molecule has 2 aliphatic rings. The van der Waals surface area contributed by atoms with Crippen molar-refractivity contribution in [1.82, 2.24) is 15.3 Å². The van der Waals surface area contributed by atoms with E-state index in [4.69, 9.17) is 32.7 Å². The largest absolute Gasteiger partial charge is 0.495 e. The van der Waals surface area contributed by atoms with Crippen LogP contribution < -0.4 is 29.9 Å². The number of fused-ring (bicyclic) bond motifs is 1. The number of urea groups is 1. The molecule has 2 N–H and O–H groups in total. The smallest absolute Gasteiger partial charge is 0.330 e. The number of hydrogen-bond donors (Lipinski definition) is 2. The van der Waals surface area contributed by atoms with E-state index in [9.17, 15) is 9.59 Å². The molecule has 2 heterocycles. The number of methoxy groups -OCH3 is 2. The normalized spacial score (nSPS) is 19.4. The van der Waals surface area contributed by atoms with Crippen molar-refractivity contribution in [3.05, 3.63) is 40.5 Å². The summed E-state index contributed by atoms with van der Waals surface area (Å²) in [5.41, 5.74) is 0.985. The summed E-state index contributed by atoms with van der Waals surface area (Å²) >= 11 is 13.1. The Morgan fingerprint density at radius 1 is 1.17 bits per heavy atom. The molecule has 0 radical (unpaired) electrons. The van der Waals surface area contributed by atoms with Gasteiger partial charge in [-0.2, -0.15) is 4.98 Å². The second-order valence-electron chi connectivity index (χ2n) is 8.58. The lowest BCUT2D eigenvalue weighted by Crippen LogP contribution is -2.48. The van der Waals surface area contributed by atoms with E-state index >= 15 is 0 Å². The summed E-state index contributed by atoms with van der Waals surface area (Å²) in [7, 11) is 4.57. The summed E-state index contributed by atoms with van der Waals surface area (Å²) in [6.45, 7) is 3.68. The van der Waals surface area contributed by atoms with Gasteiger partial charge < -0.3 is 20.1 Å². The first kappa shape index (κ1) is 25.8. The minimum Gasteiger partial charge on any atom is -0.495 e. The molecule has 1 aromatic carbocycles. The number of benzene rings is 1. The van der Waals surface area contributed by atoms with E-state index in [1.807, 2.05) is 0 Å². The molecule has 4 rings (SSSR count). The molecule has 2 aromatic rings. The van der Waals surface area contributed by atoms with Crippen LogP contribution in [0.15, 0.2) is 24.9 Å². The number of carbonyl (C=O) groups excluding carboxylic acids is 2. The standard InChI is InChI=1S/C24H28Cl2N6O4/c1-5-18(33)28-14-8-6-7-9-15(14)29-23-27-11-13-12-32(24(34)31(2)22(13)30-23)21-19(25)16(35-3)10-17(36-4)20(21)26/h5,10-11,14-15H,1,6-9,12H2,2-4H3,(H,28,33)(H,27,29,30)/t14-,15+/m0/s1. The molecule has 12 heteroatoms. The molecule has 192 valence electrons. The van der Waals surface area contributed by atoms with Crippen molar-refractivity contribution in [2.45, 2.75) is 44.3 Å².